The molecule has 24 heavy (non-hydrogen) atoms. The fourth-order valence-electron chi connectivity index (χ4n) is 3.23. The van der Waals surface area contributed by atoms with Crippen LogP contribution in [0.4, 0.5) is 6.01 Å². The molecule has 7 heteroatoms. The van der Waals surface area contributed by atoms with Crippen molar-refractivity contribution >= 4 is 44.1 Å². The highest BCUT2D eigenvalue weighted by molar-refractivity contribution is 9.10. The van der Waals surface area contributed by atoms with Gasteiger partial charge in [0, 0.05) is 16.6 Å². The maximum Gasteiger partial charge on any atom is 0.292 e. The summed E-state index contributed by atoms with van der Waals surface area (Å²) in [6.07, 6.45) is 0.933. The largest absolute Gasteiger partial charge is 0.491 e. The zero-order chi connectivity index (χ0) is 16.3. The van der Waals surface area contributed by atoms with Crippen molar-refractivity contribution in [2.45, 2.75) is 13.0 Å². The van der Waals surface area contributed by atoms with Crippen LogP contribution in [-0.4, -0.2) is 21.1 Å². The van der Waals surface area contributed by atoms with Crippen molar-refractivity contribution < 1.29 is 9.15 Å². The summed E-state index contributed by atoms with van der Waals surface area (Å²) >= 11 is 3.53. The third kappa shape index (κ3) is 2.01. The molecule has 0 radical (unpaired) electrons. The first-order valence-electron chi connectivity index (χ1n) is 7.68. The number of nitrogens with two attached hydrogens (primary N) is 1. The fourth-order valence-corrected chi connectivity index (χ4v) is 3.66. The second-order valence-corrected chi connectivity index (χ2v) is 6.71. The first-order valence-corrected chi connectivity index (χ1v) is 8.47. The average molecular weight is 385 g/mol. The lowest BCUT2D eigenvalue weighted by Gasteiger charge is -2.06. The van der Waals surface area contributed by atoms with Crippen molar-refractivity contribution in [2.24, 2.45) is 0 Å². The lowest BCUT2D eigenvalue weighted by Crippen LogP contribution is -2.01. The minimum absolute atomic E-state index is 0.174. The summed E-state index contributed by atoms with van der Waals surface area (Å²) < 4.78 is 14.5. The standard InChI is InChI=1S/C17H13BrN4O2/c18-10-7-12-15-14(8-10)23-5-1-4-22(15)16(20-12)9-2-3-11-13(6-9)24-17(19)21-11/h2-3,6-8H,1,4-5H2,(H2,19,21). The molecule has 0 saturated heterocycles. The van der Waals surface area contributed by atoms with Crippen LogP contribution in [0, 0.1) is 0 Å². The molecule has 0 atom stereocenters. The number of ether oxygens (including phenoxy) is 1. The highest BCUT2D eigenvalue weighted by Crippen LogP contribution is 2.36. The Hall–Kier alpha value is -2.54. The van der Waals surface area contributed by atoms with E-state index < -0.39 is 0 Å². The summed E-state index contributed by atoms with van der Waals surface area (Å²) in [5, 5.41) is 0. The van der Waals surface area contributed by atoms with E-state index in [-0.39, 0.29) is 6.01 Å². The molecule has 2 aromatic carbocycles. The summed E-state index contributed by atoms with van der Waals surface area (Å²) in [4.78, 5) is 8.97. The Bertz CT molecular complexity index is 1100. The van der Waals surface area contributed by atoms with E-state index in [1.54, 1.807) is 0 Å². The van der Waals surface area contributed by atoms with E-state index in [1.165, 1.54) is 0 Å². The summed E-state index contributed by atoms with van der Waals surface area (Å²) in [6.45, 7) is 1.56. The summed E-state index contributed by atoms with van der Waals surface area (Å²) in [5.41, 5.74) is 9.96. The molecule has 1 aliphatic heterocycles. The van der Waals surface area contributed by atoms with Gasteiger partial charge in [0.15, 0.2) is 5.58 Å². The van der Waals surface area contributed by atoms with Crippen LogP contribution in [0.2, 0.25) is 0 Å². The van der Waals surface area contributed by atoms with Crippen LogP contribution in [-0.2, 0) is 6.54 Å². The Morgan fingerprint density at radius 2 is 2.04 bits per heavy atom. The van der Waals surface area contributed by atoms with Crippen LogP contribution in [0.15, 0.2) is 39.2 Å². The van der Waals surface area contributed by atoms with Crippen molar-refractivity contribution in [3.63, 3.8) is 0 Å². The molecule has 4 aromatic rings. The van der Waals surface area contributed by atoms with Gasteiger partial charge in [-0.25, -0.2) is 4.98 Å². The molecule has 0 saturated carbocycles. The van der Waals surface area contributed by atoms with Crippen molar-refractivity contribution in [1.82, 2.24) is 14.5 Å². The molecule has 1 aliphatic rings. The smallest absolute Gasteiger partial charge is 0.292 e. The molecule has 2 N–H and O–H groups in total. The van der Waals surface area contributed by atoms with Crippen LogP contribution >= 0.6 is 15.9 Å². The van der Waals surface area contributed by atoms with Gasteiger partial charge in [0.25, 0.3) is 6.01 Å². The molecular weight excluding hydrogens is 372 g/mol. The summed E-state index contributed by atoms with van der Waals surface area (Å²) in [5.74, 6) is 1.76. The van der Waals surface area contributed by atoms with Gasteiger partial charge in [0.05, 0.1) is 12.1 Å². The van der Waals surface area contributed by atoms with Crippen LogP contribution in [0.25, 0.3) is 33.5 Å². The molecule has 120 valence electrons. The Kier molecular flexibility index (Phi) is 2.87. The number of benzene rings is 2. The predicted molar refractivity (Wildman–Crippen MR) is 95.0 cm³/mol. The van der Waals surface area contributed by atoms with Crippen LogP contribution in [0.5, 0.6) is 5.75 Å². The number of anilines is 1. The van der Waals surface area contributed by atoms with Gasteiger partial charge >= 0.3 is 0 Å². The van der Waals surface area contributed by atoms with Crippen molar-refractivity contribution in [2.75, 3.05) is 12.3 Å². The Morgan fingerprint density at radius 3 is 2.96 bits per heavy atom. The first-order chi connectivity index (χ1) is 11.7. The molecule has 6 nitrogen and oxygen atoms in total. The Labute approximate surface area is 145 Å². The maximum absolute atomic E-state index is 5.89. The van der Waals surface area contributed by atoms with Crippen molar-refractivity contribution in [3.8, 4) is 17.1 Å². The number of aryl methyl sites for hydroxylation is 1. The first kappa shape index (κ1) is 13.9. The van der Waals surface area contributed by atoms with Crippen LogP contribution < -0.4 is 10.5 Å². The lowest BCUT2D eigenvalue weighted by molar-refractivity contribution is 0.315. The highest BCUT2D eigenvalue weighted by Gasteiger charge is 2.20. The van der Waals surface area contributed by atoms with Crippen molar-refractivity contribution in [1.29, 1.82) is 0 Å². The number of hydrogen-bond acceptors (Lipinski definition) is 5. The van der Waals surface area contributed by atoms with Crippen molar-refractivity contribution in [3.05, 3.63) is 34.8 Å². The van der Waals surface area contributed by atoms with Gasteiger partial charge in [-0.05, 0) is 36.8 Å². The molecule has 5 rings (SSSR count). The Balaban J connectivity index is 1.79. The van der Waals surface area contributed by atoms with Gasteiger partial charge in [-0.1, -0.05) is 15.9 Å². The number of rotatable bonds is 1. The van der Waals surface area contributed by atoms with E-state index in [4.69, 9.17) is 19.9 Å². The molecule has 0 bridgehead atoms. The molecule has 0 unspecified atom stereocenters. The van der Waals surface area contributed by atoms with Gasteiger partial charge in [-0.2, -0.15) is 4.98 Å². The number of imidazole rings is 1. The normalized spacial score (nSPS) is 14.0. The molecule has 2 aromatic heterocycles. The molecule has 0 amide bonds. The van der Waals surface area contributed by atoms with Gasteiger partial charge in [-0.3, -0.25) is 0 Å². The number of fused-ring (bicyclic) bond motifs is 1. The minimum atomic E-state index is 0.174. The van der Waals surface area contributed by atoms with E-state index in [2.05, 4.69) is 25.5 Å². The van der Waals surface area contributed by atoms with Gasteiger partial charge in [0.1, 0.15) is 22.6 Å². The minimum Gasteiger partial charge on any atom is -0.491 e. The monoisotopic (exact) mass is 384 g/mol. The van der Waals surface area contributed by atoms with E-state index >= 15 is 0 Å². The van der Waals surface area contributed by atoms with Gasteiger partial charge in [0.2, 0.25) is 0 Å². The lowest BCUT2D eigenvalue weighted by atomic mass is 10.2. The zero-order valence-electron chi connectivity index (χ0n) is 12.6. The van der Waals surface area contributed by atoms with Gasteiger partial charge < -0.3 is 19.5 Å². The van der Waals surface area contributed by atoms with E-state index in [9.17, 15) is 0 Å². The average Bonchev–Trinajstić information content (AvgIpc) is 3.02. The van der Waals surface area contributed by atoms with E-state index in [0.717, 1.165) is 51.1 Å². The topological polar surface area (TPSA) is 79.1 Å². The highest BCUT2D eigenvalue weighted by atomic mass is 79.9. The van der Waals surface area contributed by atoms with E-state index in [0.29, 0.717) is 12.2 Å². The summed E-state index contributed by atoms with van der Waals surface area (Å²) in [6, 6.07) is 10.0. The third-order valence-corrected chi connectivity index (χ3v) is 4.68. The number of halogens is 1. The van der Waals surface area contributed by atoms with Crippen LogP contribution in [0.1, 0.15) is 6.42 Å². The Morgan fingerprint density at radius 1 is 1.12 bits per heavy atom. The third-order valence-electron chi connectivity index (χ3n) is 4.22. The fraction of sp³-hybridized carbons (Fsp3) is 0.176. The molecule has 0 fully saturated rings. The molecule has 3 heterocycles. The zero-order valence-corrected chi connectivity index (χ0v) is 14.2. The van der Waals surface area contributed by atoms with E-state index in [1.807, 2.05) is 30.3 Å². The SMILES string of the molecule is Nc1nc2ccc(-c3nc4cc(Br)cc5c4n3CCCO5)cc2o1. The number of hydrogen-bond donors (Lipinski definition) is 1. The molecule has 0 spiro atoms. The maximum atomic E-state index is 5.89. The molecular formula is C17H13BrN4O2. The van der Waals surface area contributed by atoms with Crippen LogP contribution in [0.3, 0.4) is 0 Å². The number of nitrogen functional groups attached to an aromatic ring is 1. The number of nitrogens with zero attached hydrogens (tertiary/aromatic N) is 3. The predicted octanol–water partition coefficient (Wildman–Crippen LogP) is 3.97. The summed E-state index contributed by atoms with van der Waals surface area (Å²) in [7, 11) is 0. The van der Waals surface area contributed by atoms with Gasteiger partial charge in [-0.15, -0.1) is 0 Å². The number of aromatic nitrogens is 3. The second-order valence-electron chi connectivity index (χ2n) is 5.80. The number of oxazole rings is 1. The second kappa shape index (κ2) is 4.98. The molecule has 0 aliphatic carbocycles. The quantitative estimate of drug-likeness (QED) is 0.536.